The molecule has 7 heteroatoms. The van der Waals surface area contributed by atoms with Gasteiger partial charge >= 0.3 is 0 Å². The number of aliphatic hydroxyl groups is 1. The molecule has 1 aliphatic heterocycles. The molecule has 0 aliphatic carbocycles. The number of nitriles is 1. The molecule has 27 heavy (non-hydrogen) atoms. The molecule has 3 rings (SSSR count). The number of amides is 1. The van der Waals surface area contributed by atoms with E-state index in [9.17, 15) is 14.3 Å². The Morgan fingerprint density at radius 2 is 2.26 bits per heavy atom. The largest absolute Gasteiger partial charge is 0.374 e. The van der Waals surface area contributed by atoms with Crippen molar-refractivity contribution in [1.82, 2.24) is 0 Å². The Morgan fingerprint density at radius 3 is 2.93 bits per heavy atom. The second-order valence-electron chi connectivity index (χ2n) is 6.30. The summed E-state index contributed by atoms with van der Waals surface area (Å²) in [5.74, 6) is -0.989. The number of carbonyl (C=O) groups excluding carboxylic acids is 1. The van der Waals surface area contributed by atoms with Gasteiger partial charge in [0.1, 0.15) is 11.9 Å². The van der Waals surface area contributed by atoms with Crippen LogP contribution in [0.15, 0.2) is 49.1 Å². The van der Waals surface area contributed by atoms with Crippen molar-refractivity contribution >= 4 is 28.9 Å². The lowest BCUT2D eigenvalue weighted by molar-refractivity contribution is -0.129. The number of nitrogens with zero attached hydrogens (tertiary/aromatic N) is 2. The van der Waals surface area contributed by atoms with Crippen molar-refractivity contribution in [1.29, 1.82) is 5.26 Å². The third-order valence-corrected chi connectivity index (χ3v) is 4.89. The van der Waals surface area contributed by atoms with Crippen LogP contribution in [0.3, 0.4) is 0 Å². The van der Waals surface area contributed by atoms with Gasteiger partial charge in [-0.15, -0.1) is 0 Å². The van der Waals surface area contributed by atoms with Gasteiger partial charge in [-0.3, -0.25) is 4.79 Å². The number of β-amino-alcohol motifs (C(OH)–C–C–N with tert-alkyl or cyclic N) is 1. The van der Waals surface area contributed by atoms with Crippen LogP contribution in [0, 0.1) is 17.1 Å². The van der Waals surface area contributed by atoms with Gasteiger partial charge < -0.3 is 15.3 Å². The lowest BCUT2D eigenvalue weighted by atomic mass is 10.0. The number of benzene rings is 2. The summed E-state index contributed by atoms with van der Waals surface area (Å²) in [4.78, 5) is 14.4. The maximum Gasteiger partial charge on any atom is 0.262 e. The zero-order chi connectivity index (χ0) is 19.6. The predicted molar refractivity (Wildman–Crippen MR) is 102 cm³/mol. The second kappa shape index (κ2) is 7.39. The maximum atomic E-state index is 13.9. The van der Waals surface area contributed by atoms with Gasteiger partial charge in [-0.25, -0.2) is 4.39 Å². The highest BCUT2D eigenvalue weighted by Gasteiger charge is 2.37. The van der Waals surface area contributed by atoms with Crippen LogP contribution in [0.25, 0.3) is 0 Å². The monoisotopic (exact) mass is 385 g/mol. The molecule has 1 aliphatic rings. The minimum Gasteiger partial charge on any atom is -0.374 e. The Bertz CT molecular complexity index is 957. The molecule has 0 spiro atoms. The molecule has 2 aromatic carbocycles. The Hall–Kier alpha value is -2.88. The molecule has 138 valence electrons. The third-order valence-electron chi connectivity index (χ3n) is 4.58. The Balaban J connectivity index is 1.79. The second-order valence-corrected chi connectivity index (χ2v) is 6.71. The number of nitrogens with one attached hydrogen (secondary N) is 1. The molecule has 1 atom stereocenters. The number of hydrogen-bond acceptors (Lipinski definition) is 4. The topological polar surface area (TPSA) is 76.4 Å². The first-order chi connectivity index (χ1) is 12.9. The van der Waals surface area contributed by atoms with Gasteiger partial charge in [-0.2, -0.15) is 5.26 Å². The van der Waals surface area contributed by atoms with Crippen molar-refractivity contribution in [3.8, 4) is 6.07 Å². The molecule has 1 amide bonds. The molecule has 0 saturated carbocycles. The molecule has 0 fully saturated rings. The average molecular weight is 386 g/mol. The highest BCUT2D eigenvalue weighted by molar-refractivity contribution is 6.32. The van der Waals surface area contributed by atoms with E-state index in [1.165, 1.54) is 24.3 Å². The van der Waals surface area contributed by atoms with Crippen molar-refractivity contribution in [3.63, 3.8) is 0 Å². The van der Waals surface area contributed by atoms with Gasteiger partial charge in [-0.1, -0.05) is 24.2 Å². The zero-order valence-electron chi connectivity index (χ0n) is 14.4. The quantitative estimate of drug-likeness (QED) is 0.774. The molecule has 0 radical (unpaired) electrons. The van der Waals surface area contributed by atoms with Crippen LogP contribution in [-0.4, -0.2) is 29.7 Å². The van der Waals surface area contributed by atoms with E-state index in [-0.39, 0.29) is 22.9 Å². The van der Waals surface area contributed by atoms with Crippen LogP contribution < -0.4 is 10.2 Å². The molecule has 0 unspecified atom stereocenters. The van der Waals surface area contributed by atoms with E-state index in [1.54, 1.807) is 17.0 Å². The van der Waals surface area contributed by atoms with Crippen LogP contribution in [0.5, 0.6) is 0 Å². The van der Waals surface area contributed by atoms with Crippen LogP contribution in [0.1, 0.15) is 11.1 Å². The van der Waals surface area contributed by atoms with Crippen molar-refractivity contribution in [2.75, 3.05) is 23.3 Å². The number of carbonyl (C=O) groups is 1. The lowest BCUT2D eigenvalue weighted by Gasteiger charge is -2.30. The fourth-order valence-electron chi connectivity index (χ4n) is 3.07. The van der Waals surface area contributed by atoms with Crippen LogP contribution in [0.4, 0.5) is 15.8 Å². The van der Waals surface area contributed by atoms with E-state index in [0.29, 0.717) is 29.9 Å². The summed E-state index contributed by atoms with van der Waals surface area (Å²) in [6.07, 6.45) is 1.66. The van der Waals surface area contributed by atoms with Gasteiger partial charge in [0.2, 0.25) is 0 Å². The van der Waals surface area contributed by atoms with Gasteiger partial charge in [0.25, 0.3) is 5.91 Å². The standard InChI is InChI=1S/C20H17ClFN3O2/c1-2-20(27,12-25-9-8-15-17(22)4-3-5-18(15)25)19(26)24-14-7-6-13(11-23)16(21)10-14/h2-7,10,27H,1,8-9,12H2,(H,24,26)/t20-/m0/s1. The lowest BCUT2D eigenvalue weighted by Crippen LogP contribution is -2.50. The molecule has 2 N–H and O–H groups in total. The molecule has 1 heterocycles. The normalized spacial score (nSPS) is 14.8. The summed E-state index contributed by atoms with van der Waals surface area (Å²) in [6, 6.07) is 11.1. The Morgan fingerprint density at radius 1 is 1.48 bits per heavy atom. The summed E-state index contributed by atoms with van der Waals surface area (Å²) in [5.41, 5.74) is -0.0388. The Labute approximate surface area is 161 Å². The summed E-state index contributed by atoms with van der Waals surface area (Å²) < 4.78 is 13.9. The average Bonchev–Trinajstić information content (AvgIpc) is 3.06. The van der Waals surface area contributed by atoms with E-state index < -0.39 is 11.5 Å². The number of halogens is 2. The van der Waals surface area contributed by atoms with Crippen molar-refractivity contribution in [3.05, 3.63) is 71.0 Å². The maximum absolute atomic E-state index is 13.9. The molecular weight excluding hydrogens is 369 g/mol. The first-order valence-corrected chi connectivity index (χ1v) is 8.65. The molecule has 0 aromatic heterocycles. The predicted octanol–water partition coefficient (Wildman–Crippen LogP) is 3.27. The van der Waals surface area contributed by atoms with E-state index in [2.05, 4.69) is 11.9 Å². The fraction of sp³-hybridized carbons (Fsp3) is 0.200. The van der Waals surface area contributed by atoms with E-state index in [0.717, 1.165) is 6.08 Å². The SMILES string of the molecule is C=C[C@](O)(CN1CCc2c(F)cccc21)C(=O)Nc1ccc(C#N)c(Cl)c1. The molecule has 0 saturated heterocycles. The summed E-state index contributed by atoms with van der Waals surface area (Å²) in [7, 11) is 0. The molecule has 2 aromatic rings. The summed E-state index contributed by atoms with van der Waals surface area (Å²) in [6.45, 7) is 4.00. The van der Waals surface area contributed by atoms with Crippen LogP contribution in [-0.2, 0) is 11.2 Å². The summed E-state index contributed by atoms with van der Waals surface area (Å²) >= 11 is 5.97. The minimum absolute atomic E-state index is 0.0667. The number of hydrogen-bond donors (Lipinski definition) is 2. The van der Waals surface area contributed by atoms with Gasteiger partial charge in [-0.05, 0) is 42.8 Å². The zero-order valence-corrected chi connectivity index (χ0v) is 15.1. The minimum atomic E-state index is -1.89. The smallest absolute Gasteiger partial charge is 0.262 e. The third kappa shape index (κ3) is 3.65. The fourth-order valence-corrected chi connectivity index (χ4v) is 3.29. The van der Waals surface area contributed by atoms with Crippen LogP contribution >= 0.6 is 11.6 Å². The number of fused-ring (bicyclic) bond motifs is 1. The molecular formula is C20H17ClFN3O2. The highest BCUT2D eigenvalue weighted by atomic mass is 35.5. The van der Waals surface area contributed by atoms with Gasteiger partial charge in [0, 0.05) is 23.5 Å². The highest BCUT2D eigenvalue weighted by Crippen LogP contribution is 2.31. The van der Waals surface area contributed by atoms with E-state index >= 15 is 0 Å². The Kier molecular flexibility index (Phi) is 5.17. The first-order valence-electron chi connectivity index (χ1n) is 8.27. The molecule has 5 nitrogen and oxygen atoms in total. The number of rotatable bonds is 5. The van der Waals surface area contributed by atoms with E-state index in [4.69, 9.17) is 16.9 Å². The number of anilines is 2. The van der Waals surface area contributed by atoms with E-state index in [1.807, 2.05) is 6.07 Å². The van der Waals surface area contributed by atoms with Crippen LogP contribution in [0.2, 0.25) is 5.02 Å². The summed E-state index contributed by atoms with van der Waals surface area (Å²) in [5, 5.41) is 22.5. The van der Waals surface area contributed by atoms with Crippen molar-refractivity contribution in [2.24, 2.45) is 0 Å². The first kappa shape index (κ1) is 18.9. The van der Waals surface area contributed by atoms with Gasteiger partial charge in [0.05, 0.1) is 17.1 Å². The van der Waals surface area contributed by atoms with Gasteiger partial charge in [0.15, 0.2) is 5.60 Å². The van der Waals surface area contributed by atoms with Crippen molar-refractivity contribution < 1.29 is 14.3 Å². The molecule has 0 bridgehead atoms. The van der Waals surface area contributed by atoms with Crippen molar-refractivity contribution in [2.45, 2.75) is 12.0 Å².